The maximum absolute atomic E-state index is 11.1. The van der Waals surface area contributed by atoms with E-state index in [0.717, 1.165) is 0 Å². The van der Waals surface area contributed by atoms with Gasteiger partial charge >= 0.3 is 0 Å². The van der Waals surface area contributed by atoms with E-state index >= 15 is 0 Å². The molecule has 76 valence electrons. The molecule has 1 heterocycles. The molecular formula is C7H11N4O2P. The van der Waals surface area contributed by atoms with Crippen LogP contribution in [0.3, 0.4) is 0 Å². The van der Waals surface area contributed by atoms with Gasteiger partial charge in [-0.25, -0.2) is 0 Å². The molecule has 0 aliphatic heterocycles. The Kier molecular flexibility index (Phi) is 3.35. The van der Waals surface area contributed by atoms with Crippen molar-refractivity contribution in [1.82, 2.24) is 4.98 Å². The molecule has 0 spiro atoms. The van der Waals surface area contributed by atoms with E-state index in [4.69, 9.17) is 16.2 Å². The molecule has 1 rings (SSSR count). The number of pyridine rings is 1. The van der Waals surface area contributed by atoms with Crippen molar-refractivity contribution in [1.29, 1.82) is 0 Å². The fraction of sp³-hybridized carbons (Fsp3) is 0.143. The van der Waals surface area contributed by atoms with Crippen LogP contribution >= 0.6 is 7.44 Å². The number of hydrogen-bond donors (Lipinski definition) is 3. The Morgan fingerprint density at radius 3 is 2.71 bits per heavy atom. The van der Waals surface area contributed by atoms with Gasteiger partial charge in [-0.2, -0.15) is 0 Å². The fourth-order valence-corrected chi connectivity index (χ4v) is 1.62. The number of aromatic nitrogens is 1. The minimum Gasteiger partial charge on any atom is -0.411 e. The average Bonchev–Trinajstić information content (AvgIpc) is 2.14. The monoisotopic (exact) mass is 214 g/mol. The summed E-state index contributed by atoms with van der Waals surface area (Å²) in [6.07, 6.45) is 1.35. The van der Waals surface area contributed by atoms with Gasteiger partial charge in [0.25, 0.3) is 0 Å². The van der Waals surface area contributed by atoms with Gasteiger partial charge in [-0.15, -0.1) is 0 Å². The van der Waals surface area contributed by atoms with Crippen LogP contribution in [0.2, 0.25) is 0 Å². The minimum absolute atomic E-state index is 0.124. The molecule has 6 nitrogen and oxygen atoms in total. The summed E-state index contributed by atoms with van der Waals surface area (Å²) in [5.41, 5.74) is 10.9. The van der Waals surface area contributed by atoms with Crippen LogP contribution < -0.4 is 11.0 Å². The second kappa shape index (κ2) is 4.32. The van der Waals surface area contributed by atoms with Crippen LogP contribution in [-0.2, 0) is 4.57 Å². The van der Waals surface area contributed by atoms with Crippen LogP contribution in [0.4, 0.5) is 0 Å². The Labute approximate surface area is 81.1 Å². The highest BCUT2D eigenvalue weighted by Gasteiger charge is 2.16. The maximum atomic E-state index is 11.1. The van der Waals surface area contributed by atoms with Gasteiger partial charge < -0.3 is 5.21 Å². The Balaban J connectivity index is 2.91. The van der Waals surface area contributed by atoms with Gasteiger partial charge in [0.2, 0.25) is 7.44 Å². The fourth-order valence-electron chi connectivity index (χ4n) is 0.931. The number of hydrogen-bond acceptors (Lipinski definition) is 4. The van der Waals surface area contributed by atoms with E-state index < -0.39 is 7.44 Å². The summed E-state index contributed by atoms with van der Waals surface area (Å²) in [6, 6.07) is 5.04. The number of nitrogens with zero attached hydrogens (tertiary/aromatic N) is 2. The van der Waals surface area contributed by atoms with Crippen molar-refractivity contribution in [2.24, 2.45) is 16.2 Å². The van der Waals surface area contributed by atoms with Gasteiger partial charge in [0.1, 0.15) is 5.71 Å². The third-order valence-corrected chi connectivity index (χ3v) is 2.27. The van der Waals surface area contributed by atoms with Crippen molar-refractivity contribution in [3.63, 3.8) is 0 Å². The smallest absolute Gasteiger partial charge is 0.212 e. The number of nitrogens with two attached hydrogens (primary N) is 2. The third kappa shape index (κ3) is 3.26. The molecule has 0 unspecified atom stereocenters. The summed E-state index contributed by atoms with van der Waals surface area (Å²) in [7, 11) is -3.23. The molecule has 0 saturated carbocycles. The van der Waals surface area contributed by atoms with Crippen LogP contribution in [0.1, 0.15) is 5.69 Å². The zero-order valence-corrected chi connectivity index (χ0v) is 8.26. The molecule has 0 bridgehead atoms. The topological polar surface area (TPSA) is 115 Å². The summed E-state index contributed by atoms with van der Waals surface area (Å²) in [5.74, 6) is 0. The summed E-state index contributed by atoms with van der Waals surface area (Å²) < 4.78 is 11.1. The lowest BCUT2D eigenvalue weighted by molar-refractivity contribution is 0.319. The molecule has 0 aliphatic rings. The molecule has 0 aromatic carbocycles. The maximum Gasteiger partial charge on any atom is 0.212 e. The molecule has 0 atom stereocenters. The quantitative estimate of drug-likeness (QED) is 0.291. The lowest BCUT2D eigenvalue weighted by Gasteiger charge is -2.06. The van der Waals surface area contributed by atoms with Gasteiger partial charge in [-0.1, -0.05) is 11.2 Å². The summed E-state index contributed by atoms with van der Waals surface area (Å²) >= 11 is 0. The molecule has 14 heavy (non-hydrogen) atoms. The van der Waals surface area contributed by atoms with Crippen LogP contribution in [0.5, 0.6) is 0 Å². The molecule has 0 radical (unpaired) electrons. The molecule has 0 fully saturated rings. The van der Waals surface area contributed by atoms with Gasteiger partial charge in [-0.05, 0) is 12.1 Å². The SMILES string of the molecule is NP(N)(=O)CC(=NO)c1ccccn1. The zero-order chi connectivity index (χ0) is 10.6. The second-order valence-corrected chi connectivity index (χ2v) is 4.80. The predicted octanol–water partition coefficient (Wildman–Crippen LogP) is 0.370. The second-order valence-electron chi connectivity index (χ2n) is 2.77. The summed E-state index contributed by atoms with van der Waals surface area (Å²) in [4.78, 5) is 3.91. The Morgan fingerprint density at radius 2 is 2.29 bits per heavy atom. The molecular weight excluding hydrogens is 203 g/mol. The van der Waals surface area contributed by atoms with E-state index in [1.807, 2.05) is 0 Å². The van der Waals surface area contributed by atoms with Crippen molar-refractivity contribution in [3.8, 4) is 0 Å². The molecule has 1 aromatic rings. The van der Waals surface area contributed by atoms with Gasteiger partial charge in [0, 0.05) is 6.20 Å². The number of oxime groups is 1. The summed E-state index contributed by atoms with van der Waals surface area (Å²) in [6.45, 7) is 0. The zero-order valence-electron chi connectivity index (χ0n) is 7.37. The van der Waals surface area contributed by atoms with Crippen molar-refractivity contribution >= 4 is 13.2 Å². The highest BCUT2D eigenvalue weighted by Crippen LogP contribution is 2.25. The lowest BCUT2D eigenvalue weighted by atomic mass is 10.3. The van der Waals surface area contributed by atoms with Gasteiger partial charge in [0.05, 0.1) is 11.9 Å². The van der Waals surface area contributed by atoms with Crippen LogP contribution in [0.15, 0.2) is 29.6 Å². The largest absolute Gasteiger partial charge is 0.411 e. The van der Waals surface area contributed by atoms with Crippen molar-refractivity contribution in [3.05, 3.63) is 30.1 Å². The van der Waals surface area contributed by atoms with Crippen molar-refractivity contribution in [2.75, 3.05) is 6.16 Å². The molecule has 1 aromatic heterocycles. The van der Waals surface area contributed by atoms with E-state index in [-0.39, 0.29) is 11.9 Å². The van der Waals surface area contributed by atoms with Crippen molar-refractivity contribution < 1.29 is 9.77 Å². The molecule has 0 amide bonds. The van der Waals surface area contributed by atoms with E-state index in [2.05, 4.69) is 10.1 Å². The van der Waals surface area contributed by atoms with Gasteiger partial charge in [0.15, 0.2) is 0 Å². The molecule has 5 N–H and O–H groups in total. The van der Waals surface area contributed by atoms with E-state index in [9.17, 15) is 4.57 Å². The highest BCUT2D eigenvalue weighted by molar-refractivity contribution is 7.60. The van der Waals surface area contributed by atoms with Crippen LogP contribution in [-0.4, -0.2) is 22.1 Å². The van der Waals surface area contributed by atoms with Crippen LogP contribution in [0.25, 0.3) is 0 Å². The first-order valence-corrected chi connectivity index (χ1v) is 5.84. The van der Waals surface area contributed by atoms with E-state index in [1.165, 1.54) is 6.20 Å². The first kappa shape index (κ1) is 10.8. The van der Waals surface area contributed by atoms with Gasteiger partial charge in [-0.3, -0.25) is 20.6 Å². The molecule has 7 heteroatoms. The number of rotatable bonds is 3. The minimum atomic E-state index is -3.23. The Hall–Kier alpha value is -1.23. The summed E-state index contributed by atoms with van der Waals surface area (Å²) in [5, 5.41) is 11.6. The predicted molar refractivity (Wildman–Crippen MR) is 53.4 cm³/mol. The standard InChI is InChI=1S/C7H11N4O2P/c8-14(9,13)5-7(11-12)6-3-1-2-4-10-6/h1-4,12H,5H2,(H4,8,9,13). The Morgan fingerprint density at radius 1 is 1.57 bits per heavy atom. The molecule has 0 aliphatic carbocycles. The average molecular weight is 214 g/mol. The molecule has 0 saturated heterocycles. The lowest BCUT2D eigenvalue weighted by Crippen LogP contribution is -2.17. The normalized spacial score (nSPS) is 12.9. The first-order valence-electron chi connectivity index (χ1n) is 3.81. The van der Waals surface area contributed by atoms with E-state index in [0.29, 0.717) is 5.69 Å². The van der Waals surface area contributed by atoms with E-state index in [1.54, 1.807) is 18.2 Å². The third-order valence-electron chi connectivity index (χ3n) is 1.48. The highest BCUT2D eigenvalue weighted by atomic mass is 31.2. The first-order chi connectivity index (χ1) is 6.53. The Bertz CT molecular complexity index is 373. The van der Waals surface area contributed by atoms with Crippen molar-refractivity contribution in [2.45, 2.75) is 0 Å². The van der Waals surface area contributed by atoms with Crippen LogP contribution in [0, 0.1) is 0 Å².